The highest BCUT2D eigenvalue weighted by atomic mass is 19.1. The maximum Gasteiger partial charge on any atom is 0.313 e. The minimum absolute atomic E-state index is 0.125. The number of para-hydroxylation sites is 1. The van der Waals surface area contributed by atoms with Crippen molar-refractivity contribution < 1.29 is 14.0 Å². The van der Waals surface area contributed by atoms with Crippen molar-refractivity contribution in [2.45, 2.75) is 13.0 Å². The van der Waals surface area contributed by atoms with E-state index in [1.807, 2.05) is 19.1 Å². The molecule has 2 amide bonds. The third-order valence-electron chi connectivity index (χ3n) is 5.29. The van der Waals surface area contributed by atoms with E-state index in [2.05, 4.69) is 27.5 Å². The third-order valence-corrected chi connectivity index (χ3v) is 5.29. The molecule has 0 saturated carbocycles. The summed E-state index contributed by atoms with van der Waals surface area (Å²) in [7, 11) is 2.07. The quantitative estimate of drug-likeness (QED) is 0.758. The normalized spacial score (nSPS) is 16.2. The van der Waals surface area contributed by atoms with E-state index in [-0.39, 0.29) is 18.4 Å². The van der Waals surface area contributed by atoms with Gasteiger partial charge in [0.05, 0.1) is 6.04 Å². The van der Waals surface area contributed by atoms with Gasteiger partial charge < -0.3 is 15.5 Å². The SMILES string of the molecule is Cc1ccccc1NC(=O)C(=O)NC[C@@H](c1ccc(F)cc1)N1CCN(C)CC1. The average molecular weight is 398 g/mol. The number of hydrogen-bond acceptors (Lipinski definition) is 4. The molecule has 2 aromatic rings. The highest BCUT2D eigenvalue weighted by Gasteiger charge is 2.25. The van der Waals surface area contributed by atoms with Crippen LogP contribution >= 0.6 is 0 Å². The molecule has 0 spiro atoms. The maximum atomic E-state index is 13.4. The molecule has 154 valence electrons. The zero-order valence-electron chi connectivity index (χ0n) is 16.8. The van der Waals surface area contributed by atoms with Gasteiger partial charge in [0.25, 0.3) is 0 Å². The van der Waals surface area contributed by atoms with E-state index in [0.717, 1.165) is 37.3 Å². The van der Waals surface area contributed by atoms with Crippen LogP contribution in [0, 0.1) is 12.7 Å². The Labute approximate surface area is 170 Å². The first-order valence-corrected chi connectivity index (χ1v) is 9.77. The van der Waals surface area contributed by atoms with Crippen LogP contribution in [0.2, 0.25) is 0 Å². The van der Waals surface area contributed by atoms with Crippen molar-refractivity contribution in [3.63, 3.8) is 0 Å². The van der Waals surface area contributed by atoms with Crippen molar-refractivity contribution in [1.82, 2.24) is 15.1 Å². The number of rotatable bonds is 5. The van der Waals surface area contributed by atoms with Crippen molar-refractivity contribution >= 4 is 17.5 Å². The summed E-state index contributed by atoms with van der Waals surface area (Å²) < 4.78 is 13.4. The first kappa shape index (κ1) is 21.0. The number of benzene rings is 2. The molecule has 0 radical (unpaired) electrons. The van der Waals surface area contributed by atoms with Gasteiger partial charge in [-0.1, -0.05) is 30.3 Å². The molecule has 0 aliphatic carbocycles. The molecular weight excluding hydrogens is 371 g/mol. The smallest absolute Gasteiger partial charge is 0.313 e. The van der Waals surface area contributed by atoms with Gasteiger partial charge in [0.2, 0.25) is 0 Å². The zero-order chi connectivity index (χ0) is 20.8. The summed E-state index contributed by atoms with van der Waals surface area (Å²) in [5, 5.41) is 5.39. The maximum absolute atomic E-state index is 13.4. The van der Waals surface area contributed by atoms with E-state index in [1.54, 1.807) is 24.3 Å². The van der Waals surface area contributed by atoms with E-state index < -0.39 is 11.8 Å². The lowest BCUT2D eigenvalue weighted by Gasteiger charge is -2.38. The molecule has 0 bridgehead atoms. The lowest BCUT2D eigenvalue weighted by atomic mass is 10.0. The summed E-state index contributed by atoms with van der Waals surface area (Å²) in [4.78, 5) is 29.2. The second kappa shape index (κ2) is 9.62. The van der Waals surface area contributed by atoms with Gasteiger partial charge in [-0.2, -0.15) is 0 Å². The molecule has 1 heterocycles. The molecule has 0 aromatic heterocycles. The molecule has 1 atom stereocenters. The van der Waals surface area contributed by atoms with Crippen molar-refractivity contribution in [1.29, 1.82) is 0 Å². The number of nitrogens with one attached hydrogen (secondary N) is 2. The molecule has 29 heavy (non-hydrogen) atoms. The molecule has 6 nitrogen and oxygen atoms in total. The van der Waals surface area contributed by atoms with Crippen LogP contribution in [0.4, 0.5) is 10.1 Å². The van der Waals surface area contributed by atoms with Crippen LogP contribution in [-0.4, -0.2) is 61.4 Å². The predicted octanol–water partition coefficient (Wildman–Crippen LogP) is 2.18. The Morgan fingerprint density at radius 3 is 2.31 bits per heavy atom. The van der Waals surface area contributed by atoms with Gasteiger partial charge in [-0.05, 0) is 43.3 Å². The molecule has 2 aromatic carbocycles. The van der Waals surface area contributed by atoms with E-state index in [0.29, 0.717) is 5.69 Å². The fourth-order valence-electron chi connectivity index (χ4n) is 3.44. The number of anilines is 1. The molecule has 1 fully saturated rings. The number of likely N-dealkylation sites (N-methyl/N-ethyl adjacent to an activating group) is 1. The molecular formula is C22H27FN4O2. The lowest BCUT2D eigenvalue weighted by molar-refractivity contribution is -0.136. The summed E-state index contributed by atoms with van der Waals surface area (Å²) >= 11 is 0. The summed E-state index contributed by atoms with van der Waals surface area (Å²) in [6.07, 6.45) is 0. The Bertz CT molecular complexity index is 848. The first-order valence-electron chi connectivity index (χ1n) is 9.77. The van der Waals surface area contributed by atoms with Gasteiger partial charge in [-0.3, -0.25) is 14.5 Å². The Morgan fingerprint density at radius 2 is 1.66 bits per heavy atom. The Balaban J connectivity index is 1.65. The van der Waals surface area contributed by atoms with E-state index in [4.69, 9.17) is 0 Å². The fourth-order valence-corrected chi connectivity index (χ4v) is 3.44. The number of piperazine rings is 1. The van der Waals surface area contributed by atoms with Gasteiger partial charge in [0, 0.05) is 38.4 Å². The molecule has 1 aliphatic heterocycles. The van der Waals surface area contributed by atoms with Gasteiger partial charge in [0.1, 0.15) is 5.82 Å². The molecule has 0 unspecified atom stereocenters. The monoisotopic (exact) mass is 398 g/mol. The predicted molar refractivity (Wildman–Crippen MR) is 111 cm³/mol. The molecule has 7 heteroatoms. The van der Waals surface area contributed by atoms with E-state index in [9.17, 15) is 14.0 Å². The number of hydrogen-bond donors (Lipinski definition) is 2. The Morgan fingerprint density at radius 1 is 1.00 bits per heavy atom. The third kappa shape index (κ3) is 5.62. The summed E-state index contributed by atoms with van der Waals surface area (Å²) in [6, 6.07) is 13.5. The second-order valence-corrected chi connectivity index (χ2v) is 7.39. The fraction of sp³-hybridized carbons (Fsp3) is 0.364. The van der Waals surface area contributed by atoms with E-state index in [1.165, 1.54) is 12.1 Å². The van der Waals surface area contributed by atoms with Crippen molar-refractivity contribution in [3.05, 3.63) is 65.5 Å². The van der Waals surface area contributed by atoms with Gasteiger partial charge in [-0.25, -0.2) is 4.39 Å². The molecule has 1 aliphatic rings. The summed E-state index contributed by atoms with van der Waals surface area (Å²) in [5.74, 6) is -1.68. The van der Waals surface area contributed by atoms with Crippen LogP contribution in [0.25, 0.3) is 0 Å². The molecule has 1 saturated heterocycles. The Kier molecular flexibility index (Phi) is 6.95. The standard InChI is InChI=1S/C22H27FN4O2/c1-16-5-3-4-6-19(16)25-22(29)21(28)24-15-20(17-7-9-18(23)10-8-17)27-13-11-26(2)12-14-27/h3-10,20H,11-15H2,1-2H3,(H,24,28)(H,25,29)/t20-/m0/s1. The number of amides is 2. The van der Waals surface area contributed by atoms with Crippen molar-refractivity contribution in [2.75, 3.05) is 45.1 Å². The van der Waals surface area contributed by atoms with Crippen LogP contribution in [0.3, 0.4) is 0 Å². The molecule has 3 rings (SSSR count). The van der Waals surface area contributed by atoms with Crippen LogP contribution in [0.1, 0.15) is 17.2 Å². The van der Waals surface area contributed by atoms with Crippen molar-refractivity contribution in [3.8, 4) is 0 Å². The number of carbonyl (C=O) groups is 2. The van der Waals surface area contributed by atoms with Gasteiger partial charge >= 0.3 is 11.8 Å². The number of carbonyl (C=O) groups excluding carboxylic acids is 2. The van der Waals surface area contributed by atoms with E-state index >= 15 is 0 Å². The van der Waals surface area contributed by atoms with Gasteiger partial charge in [-0.15, -0.1) is 0 Å². The van der Waals surface area contributed by atoms with Crippen LogP contribution in [0.15, 0.2) is 48.5 Å². The molecule has 2 N–H and O–H groups in total. The van der Waals surface area contributed by atoms with Crippen LogP contribution in [0.5, 0.6) is 0 Å². The van der Waals surface area contributed by atoms with Crippen molar-refractivity contribution in [2.24, 2.45) is 0 Å². The minimum Gasteiger partial charge on any atom is -0.346 e. The average Bonchev–Trinajstić information content (AvgIpc) is 2.72. The zero-order valence-corrected chi connectivity index (χ0v) is 16.8. The number of aryl methyl sites for hydroxylation is 1. The minimum atomic E-state index is -0.699. The Hall–Kier alpha value is -2.77. The lowest BCUT2D eigenvalue weighted by Crippen LogP contribution is -2.49. The first-order chi connectivity index (χ1) is 13.9. The van der Waals surface area contributed by atoms with Gasteiger partial charge in [0.15, 0.2) is 0 Å². The largest absolute Gasteiger partial charge is 0.346 e. The highest BCUT2D eigenvalue weighted by molar-refractivity contribution is 6.39. The summed E-state index contributed by atoms with van der Waals surface area (Å²) in [5.41, 5.74) is 2.41. The van der Waals surface area contributed by atoms with Crippen LogP contribution in [-0.2, 0) is 9.59 Å². The summed E-state index contributed by atoms with van der Waals surface area (Å²) in [6.45, 7) is 5.65. The number of nitrogens with zero attached hydrogens (tertiary/aromatic N) is 2. The van der Waals surface area contributed by atoms with Crippen LogP contribution < -0.4 is 10.6 Å². The highest BCUT2D eigenvalue weighted by Crippen LogP contribution is 2.22. The number of halogens is 1. The second-order valence-electron chi connectivity index (χ2n) is 7.39. The topological polar surface area (TPSA) is 64.7 Å².